The molecule has 3 aromatic heterocycles. The van der Waals surface area contributed by atoms with Crippen LogP contribution in [0.3, 0.4) is 0 Å². The lowest BCUT2D eigenvalue weighted by atomic mass is 10.1. The van der Waals surface area contributed by atoms with Gasteiger partial charge in [0.05, 0.1) is 6.04 Å². The molecule has 0 spiro atoms. The highest BCUT2D eigenvalue weighted by Crippen LogP contribution is 2.35. The van der Waals surface area contributed by atoms with Crippen molar-refractivity contribution in [1.82, 2.24) is 5.43 Å². The molecule has 0 saturated heterocycles. The lowest BCUT2D eigenvalue weighted by Crippen LogP contribution is -2.28. The van der Waals surface area contributed by atoms with Gasteiger partial charge in [0, 0.05) is 30.5 Å². The van der Waals surface area contributed by atoms with Crippen molar-refractivity contribution in [2.75, 3.05) is 0 Å². The van der Waals surface area contributed by atoms with Crippen molar-refractivity contribution in [3.05, 3.63) is 44.3 Å². The van der Waals surface area contributed by atoms with Gasteiger partial charge in [-0.25, -0.2) is 0 Å². The summed E-state index contributed by atoms with van der Waals surface area (Å²) in [6.45, 7) is 2.20. The molecular weight excluding hydrogens is 292 g/mol. The van der Waals surface area contributed by atoms with Gasteiger partial charge < -0.3 is 0 Å². The minimum atomic E-state index is 0.216. The molecule has 100 valence electrons. The second-order valence-electron chi connectivity index (χ2n) is 4.44. The third-order valence-electron chi connectivity index (χ3n) is 3.17. The summed E-state index contributed by atoms with van der Waals surface area (Å²) in [5.74, 6) is 5.75. The van der Waals surface area contributed by atoms with E-state index in [0.717, 1.165) is 12.8 Å². The zero-order valence-corrected chi connectivity index (χ0v) is 13.1. The summed E-state index contributed by atoms with van der Waals surface area (Å²) in [4.78, 5) is 4.17. The Labute approximate surface area is 124 Å². The highest BCUT2D eigenvalue weighted by Gasteiger charge is 2.15. The van der Waals surface area contributed by atoms with Gasteiger partial charge in [0.15, 0.2) is 0 Å². The normalized spacial score (nSPS) is 13.2. The Morgan fingerprint density at radius 1 is 1.16 bits per heavy atom. The van der Waals surface area contributed by atoms with Crippen LogP contribution in [-0.4, -0.2) is 0 Å². The molecule has 3 rings (SSSR count). The topological polar surface area (TPSA) is 38.0 Å². The molecule has 0 aliphatic carbocycles. The van der Waals surface area contributed by atoms with Crippen LogP contribution in [-0.2, 0) is 12.8 Å². The second-order valence-corrected chi connectivity index (χ2v) is 7.76. The van der Waals surface area contributed by atoms with Crippen molar-refractivity contribution >= 4 is 43.4 Å². The number of hydrazine groups is 1. The van der Waals surface area contributed by atoms with Crippen molar-refractivity contribution in [1.29, 1.82) is 0 Å². The number of thiophene rings is 3. The number of hydrogen-bond acceptors (Lipinski definition) is 5. The maximum absolute atomic E-state index is 5.75. The molecule has 0 bridgehead atoms. The number of aryl methyl sites for hydroxylation is 1. The highest BCUT2D eigenvalue weighted by molar-refractivity contribution is 7.27. The van der Waals surface area contributed by atoms with Crippen LogP contribution in [0.1, 0.15) is 27.6 Å². The van der Waals surface area contributed by atoms with Crippen LogP contribution in [0.2, 0.25) is 0 Å². The first kappa shape index (κ1) is 13.3. The van der Waals surface area contributed by atoms with Crippen molar-refractivity contribution < 1.29 is 0 Å². The second kappa shape index (κ2) is 5.73. The van der Waals surface area contributed by atoms with Crippen LogP contribution in [0.4, 0.5) is 0 Å². The van der Waals surface area contributed by atoms with Gasteiger partial charge in [0.25, 0.3) is 0 Å². The smallest absolute Gasteiger partial charge is 0.0602 e. The summed E-state index contributed by atoms with van der Waals surface area (Å²) in [6, 6.07) is 9.11. The van der Waals surface area contributed by atoms with Crippen molar-refractivity contribution in [3.63, 3.8) is 0 Å². The van der Waals surface area contributed by atoms with Crippen molar-refractivity contribution in [2.45, 2.75) is 25.8 Å². The van der Waals surface area contributed by atoms with Crippen molar-refractivity contribution in [3.8, 4) is 0 Å². The molecule has 19 heavy (non-hydrogen) atoms. The first-order valence-corrected chi connectivity index (χ1v) is 8.82. The minimum Gasteiger partial charge on any atom is -0.271 e. The van der Waals surface area contributed by atoms with Gasteiger partial charge in [-0.2, -0.15) is 0 Å². The number of nitrogens with two attached hydrogens (primary N) is 1. The monoisotopic (exact) mass is 308 g/mol. The molecule has 0 amide bonds. The summed E-state index contributed by atoms with van der Waals surface area (Å²) < 4.78 is 2.72. The molecule has 5 heteroatoms. The summed E-state index contributed by atoms with van der Waals surface area (Å²) in [5, 5.41) is 2.14. The van der Waals surface area contributed by atoms with E-state index < -0.39 is 0 Å². The van der Waals surface area contributed by atoms with Gasteiger partial charge in [0.1, 0.15) is 0 Å². The largest absolute Gasteiger partial charge is 0.271 e. The van der Waals surface area contributed by atoms with Gasteiger partial charge in [0.2, 0.25) is 0 Å². The Bertz CT molecular complexity index is 636. The summed E-state index contributed by atoms with van der Waals surface area (Å²) in [6.07, 6.45) is 2.08. The maximum Gasteiger partial charge on any atom is 0.0602 e. The van der Waals surface area contributed by atoms with Crippen LogP contribution in [0.15, 0.2) is 29.6 Å². The Hall–Kier alpha value is -0.720. The average Bonchev–Trinajstić information content (AvgIpc) is 3.10. The van der Waals surface area contributed by atoms with Gasteiger partial charge in [-0.1, -0.05) is 6.92 Å². The van der Waals surface area contributed by atoms with Gasteiger partial charge in [-0.15, -0.1) is 34.0 Å². The number of hydrogen-bond donors (Lipinski definition) is 2. The van der Waals surface area contributed by atoms with E-state index in [1.807, 2.05) is 22.7 Å². The zero-order valence-electron chi connectivity index (χ0n) is 10.7. The lowest BCUT2D eigenvalue weighted by Gasteiger charge is -2.12. The molecule has 1 unspecified atom stereocenters. The van der Waals surface area contributed by atoms with E-state index in [1.54, 1.807) is 11.3 Å². The third kappa shape index (κ3) is 2.75. The van der Waals surface area contributed by atoms with Crippen LogP contribution in [0.25, 0.3) is 9.40 Å². The Kier molecular flexibility index (Phi) is 4.00. The first-order valence-electron chi connectivity index (χ1n) is 6.30. The van der Waals surface area contributed by atoms with Crippen LogP contribution < -0.4 is 11.3 Å². The number of fused-ring (bicyclic) bond motifs is 1. The summed E-state index contributed by atoms with van der Waals surface area (Å²) in [7, 11) is 0. The molecule has 0 aliphatic rings. The third-order valence-corrected chi connectivity index (χ3v) is 6.63. The lowest BCUT2D eigenvalue weighted by molar-refractivity contribution is 0.565. The molecule has 0 aromatic carbocycles. The molecule has 3 aromatic rings. The van der Waals surface area contributed by atoms with Gasteiger partial charge >= 0.3 is 0 Å². The van der Waals surface area contributed by atoms with Crippen LogP contribution >= 0.6 is 34.0 Å². The first-order chi connectivity index (χ1) is 9.30. The summed E-state index contributed by atoms with van der Waals surface area (Å²) in [5.41, 5.74) is 2.97. The molecule has 0 fully saturated rings. The Morgan fingerprint density at radius 3 is 2.68 bits per heavy atom. The quantitative estimate of drug-likeness (QED) is 0.544. The molecular formula is C14H16N2S3. The van der Waals surface area contributed by atoms with E-state index in [2.05, 4.69) is 42.0 Å². The van der Waals surface area contributed by atoms with E-state index >= 15 is 0 Å². The zero-order chi connectivity index (χ0) is 13.2. The molecule has 0 radical (unpaired) electrons. The van der Waals surface area contributed by atoms with Crippen LogP contribution in [0.5, 0.6) is 0 Å². The predicted molar refractivity (Wildman–Crippen MR) is 87.2 cm³/mol. The van der Waals surface area contributed by atoms with Crippen LogP contribution in [0, 0.1) is 0 Å². The fourth-order valence-corrected chi connectivity index (χ4v) is 5.30. The van der Waals surface area contributed by atoms with Gasteiger partial charge in [-0.05, 0) is 36.1 Å². The number of nitrogens with one attached hydrogen (secondary N) is 1. The Balaban J connectivity index is 1.81. The summed E-state index contributed by atoms with van der Waals surface area (Å²) >= 11 is 5.53. The molecule has 0 saturated carbocycles. The fourth-order valence-electron chi connectivity index (χ4n) is 2.12. The maximum atomic E-state index is 5.75. The molecule has 1 atom stereocenters. The van der Waals surface area contributed by atoms with Crippen molar-refractivity contribution in [2.24, 2.45) is 5.84 Å². The van der Waals surface area contributed by atoms with E-state index in [1.165, 1.54) is 24.0 Å². The van der Waals surface area contributed by atoms with Gasteiger partial charge in [-0.3, -0.25) is 11.3 Å². The molecule has 2 nitrogen and oxygen atoms in total. The Morgan fingerprint density at radius 2 is 2.00 bits per heavy atom. The fraction of sp³-hybridized carbons (Fsp3) is 0.286. The highest BCUT2D eigenvalue weighted by atomic mass is 32.1. The van der Waals surface area contributed by atoms with E-state index in [-0.39, 0.29) is 6.04 Å². The SMILES string of the molecule is CCc1ccc(CC(NN)c2cc3sccc3s2)s1. The standard InChI is InChI=1S/C14H16N2S3/c1-2-9-3-4-10(18-9)7-11(16-15)13-8-14-12(19-13)5-6-17-14/h3-6,8,11,16H,2,7,15H2,1H3. The predicted octanol–water partition coefficient (Wildman–Crippen LogP) is 4.33. The van der Waals surface area contributed by atoms with E-state index in [0.29, 0.717) is 0 Å². The van der Waals surface area contributed by atoms with E-state index in [9.17, 15) is 0 Å². The molecule has 3 N–H and O–H groups in total. The average molecular weight is 308 g/mol. The number of rotatable bonds is 5. The minimum absolute atomic E-state index is 0.216. The molecule has 3 heterocycles. The van der Waals surface area contributed by atoms with E-state index in [4.69, 9.17) is 5.84 Å². The molecule has 0 aliphatic heterocycles.